The molecule has 0 aliphatic heterocycles. The molecule has 0 saturated heterocycles. The van der Waals surface area contributed by atoms with E-state index in [0.717, 1.165) is 34.8 Å². The Morgan fingerprint density at radius 3 is 2.37 bits per heavy atom. The Labute approximate surface area is 121 Å². The van der Waals surface area contributed by atoms with Crippen LogP contribution in [0.5, 0.6) is 0 Å². The summed E-state index contributed by atoms with van der Waals surface area (Å²) in [4.78, 5) is 8.44. The number of nitrogens with one attached hydrogen (secondary N) is 2. The third kappa shape index (κ3) is 3.44. The molecule has 2 N–H and O–H groups in total. The minimum atomic E-state index is 0.759. The van der Waals surface area contributed by atoms with Crippen LogP contribution in [0.4, 0.5) is 17.3 Å². The second kappa shape index (κ2) is 6.52. The van der Waals surface area contributed by atoms with Gasteiger partial charge in [-0.05, 0) is 47.0 Å². The summed E-state index contributed by atoms with van der Waals surface area (Å²) in [5.74, 6) is 1.56. The lowest BCUT2D eigenvalue weighted by atomic mass is 10.1. The molecule has 0 unspecified atom stereocenters. The molecule has 0 saturated carbocycles. The second-order valence-electron chi connectivity index (χ2n) is 4.09. The normalized spacial score (nSPS) is 10.3. The number of benzene rings is 1. The first-order valence-electron chi connectivity index (χ1n) is 6.35. The van der Waals surface area contributed by atoms with Gasteiger partial charge < -0.3 is 10.6 Å². The summed E-state index contributed by atoms with van der Waals surface area (Å²) in [6.07, 6.45) is 2.59. The van der Waals surface area contributed by atoms with Gasteiger partial charge in [0, 0.05) is 12.2 Å². The van der Waals surface area contributed by atoms with Crippen molar-refractivity contribution in [2.24, 2.45) is 0 Å². The predicted octanol–water partition coefficient (Wildman–Crippen LogP) is 3.98. The second-order valence-corrected chi connectivity index (χ2v) is 4.88. The minimum Gasteiger partial charge on any atom is -0.369 e. The van der Waals surface area contributed by atoms with Crippen molar-refractivity contribution >= 4 is 33.3 Å². The van der Waals surface area contributed by atoms with E-state index in [9.17, 15) is 0 Å². The van der Waals surface area contributed by atoms with Crippen molar-refractivity contribution in [2.75, 3.05) is 17.2 Å². The molecule has 0 spiro atoms. The van der Waals surface area contributed by atoms with Crippen LogP contribution in [-0.4, -0.2) is 16.5 Å². The third-order valence-corrected chi connectivity index (χ3v) is 3.51. The Hall–Kier alpha value is -1.62. The summed E-state index contributed by atoms with van der Waals surface area (Å²) in [5.41, 5.74) is 2.33. The topological polar surface area (TPSA) is 49.8 Å². The standard InChI is InChI=1S/C14H17BrN4/c1-3-10-5-7-11(8-6-10)19-14-12(15)13(16-4-2)17-9-18-14/h5-9H,3-4H2,1-2H3,(H2,16,17,18,19). The maximum Gasteiger partial charge on any atom is 0.150 e. The number of hydrogen-bond donors (Lipinski definition) is 2. The molecule has 100 valence electrons. The fourth-order valence-corrected chi connectivity index (χ4v) is 2.15. The summed E-state index contributed by atoms with van der Waals surface area (Å²) in [5, 5.41) is 6.47. The summed E-state index contributed by atoms with van der Waals surface area (Å²) in [6, 6.07) is 8.34. The Balaban J connectivity index is 2.20. The molecule has 0 bridgehead atoms. The van der Waals surface area contributed by atoms with E-state index in [1.807, 2.05) is 6.92 Å². The van der Waals surface area contributed by atoms with E-state index < -0.39 is 0 Å². The molecule has 2 rings (SSSR count). The largest absolute Gasteiger partial charge is 0.369 e. The molecule has 1 aromatic heterocycles. The molecule has 19 heavy (non-hydrogen) atoms. The highest BCUT2D eigenvalue weighted by atomic mass is 79.9. The lowest BCUT2D eigenvalue weighted by Gasteiger charge is -2.11. The van der Waals surface area contributed by atoms with Crippen LogP contribution in [0.25, 0.3) is 0 Å². The highest BCUT2D eigenvalue weighted by Crippen LogP contribution is 2.28. The van der Waals surface area contributed by atoms with E-state index in [1.54, 1.807) is 6.33 Å². The van der Waals surface area contributed by atoms with Crippen molar-refractivity contribution in [3.8, 4) is 0 Å². The average molecular weight is 321 g/mol. The summed E-state index contributed by atoms with van der Waals surface area (Å²) in [6.45, 7) is 5.00. The van der Waals surface area contributed by atoms with Crippen LogP contribution in [0, 0.1) is 0 Å². The first kappa shape index (κ1) is 13.8. The number of anilines is 3. The zero-order valence-electron chi connectivity index (χ0n) is 11.1. The smallest absolute Gasteiger partial charge is 0.150 e. The van der Waals surface area contributed by atoms with Crippen molar-refractivity contribution < 1.29 is 0 Å². The molecule has 0 fully saturated rings. The third-order valence-electron chi connectivity index (χ3n) is 2.76. The molecule has 1 aromatic carbocycles. The van der Waals surface area contributed by atoms with Gasteiger partial charge in [-0.25, -0.2) is 9.97 Å². The van der Waals surface area contributed by atoms with Gasteiger partial charge in [-0.2, -0.15) is 0 Å². The molecule has 2 aromatic rings. The zero-order valence-corrected chi connectivity index (χ0v) is 12.7. The molecular formula is C14H17BrN4. The van der Waals surface area contributed by atoms with Gasteiger partial charge in [0.2, 0.25) is 0 Å². The highest BCUT2D eigenvalue weighted by molar-refractivity contribution is 9.10. The van der Waals surface area contributed by atoms with Crippen molar-refractivity contribution in [3.63, 3.8) is 0 Å². The van der Waals surface area contributed by atoms with Gasteiger partial charge in [0.15, 0.2) is 0 Å². The zero-order chi connectivity index (χ0) is 13.7. The predicted molar refractivity (Wildman–Crippen MR) is 83.0 cm³/mol. The molecule has 1 heterocycles. The van der Waals surface area contributed by atoms with Crippen molar-refractivity contribution in [1.29, 1.82) is 0 Å². The number of hydrogen-bond acceptors (Lipinski definition) is 4. The number of rotatable bonds is 5. The number of aromatic nitrogens is 2. The summed E-state index contributed by atoms with van der Waals surface area (Å²) >= 11 is 3.52. The van der Waals surface area contributed by atoms with Gasteiger partial charge in [-0.3, -0.25) is 0 Å². The van der Waals surface area contributed by atoms with Gasteiger partial charge in [-0.1, -0.05) is 19.1 Å². The van der Waals surface area contributed by atoms with Crippen LogP contribution in [0.1, 0.15) is 19.4 Å². The van der Waals surface area contributed by atoms with Crippen LogP contribution in [0.2, 0.25) is 0 Å². The van der Waals surface area contributed by atoms with E-state index in [0.29, 0.717) is 0 Å². The maximum atomic E-state index is 4.25. The molecule has 0 aliphatic carbocycles. The molecule has 5 heteroatoms. The van der Waals surface area contributed by atoms with Gasteiger partial charge in [0.1, 0.15) is 22.4 Å². The SMILES string of the molecule is CCNc1ncnc(Nc2ccc(CC)cc2)c1Br. The first-order chi connectivity index (χ1) is 9.24. The highest BCUT2D eigenvalue weighted by Gasteiger charge is 2.07. The molecular weight excluding hydrogens is 304 g/mol. The van der Waals surface area contributed by atoms with Crippen molar-refractivity contribution in [3.05, 3.63) is 40.6 Å². The van der Waals surface area contributed by atoms with Crippen LogP contribution in [-0.2, 0) is 6.42 Å². The molecule has 0 aliphatic rings. The van der Waals surface area contributed by atoms with Crippen LogP contribution >= 0.6 is 15.9 Å². The molecule has 0 amide bonds. The van der Waals surface area contributed by atoms with E-state index >= 15 is 0 Å². The lowest BCUT2D eigenvalue weighted by Crippen LogP contribution is -2.03. The summed E-state index contributed by atoms with van der Waals surface area (Å²) < 4.78 is 0.844. The maximum absolute atomic E-state index is 4.25. The monoisotopic (exact) mass is 320 g/mol. The molecule has 0 atom stereocenters. The number of nitrogens with zero attached hydrogens (tertiary/aromatic N) is 2. The van der Waals surface area contributed by atoms with E-state index in [4.69, 9.17) is 0 Å². The molecule has 0 radical (unpaired) electrons. The van der Waals surface area contributed by atoms with Gasteiger partial charge in [0.05, 0.1) is 0 Å². The van der Waals surface area contributed by atoms with Crippen molar-refractivity contribution in [1.82, 2.24) is 9.97 Å². The van der Waals surface area contributed by atoms with Crippen molar-refractivity contribution in [2.45, 2.75) is 20.3 Å². The number of aryl methyl sites for hydroxylation is 1. The van der Waals surface area contributed by atoms with E-state index in [1.165, 1.54) is 5.56 Å². The van der Waals surface area contributed by atoms with Gasteiger partial charge in [0.25, 0.3) is 0 Å². The van der Waals surface area contributed by atoms with Gasteiger partial charge in [-0.15, -0.1) is 0 Å². The van der Waals surface area contributed by atoms with E-state index in [2.05, 4.69) is 67.7 Å². The lowest BCUT2D eigenvalue weighted by molar-refractivity contribution is 1.10. The average Bonchev–Trinajstić information content (AvgIpc) is 2.44. The Morgan fingerprint density at radius 1 is 1.05 bits per heavy atom. The quantitative estimate of drug-likeness (QED) is 0.875. The fourth-order valence-electron chi connectivity index (χ4n) is 1.71. The van der Waals surface area contributed by atoms with Crippen LogP contribution in [0.15, 0.2) is 35.1 Å². The molecule has 4 nitrogen and oxygen atoms in total. The van der Waals surface area contributed by atoms with Gasteiger partial charge >= 0.3 is 0 Å². The number of halogens is 1. The van der Waals surface area contributed by atoms with E-state index in [-0.39, 0.29) is 0 Å². The summed E-state index contributed by atoms with van der Waals surface area (Å²) in [7, 11) is 0. The van der Waals surface area contributed by atoms with Crippen LogP contribution < -0.4 is 10.6 Å². The minimum absolute atomic E-state index is 0.759. The fraction of sp³-hybridized carbons (Fsp3) is 0.286. The Bertz CT molecular complexity index is 540. The van der Waals surface area contributed by atoms with Crippen LogP contribution in [0.3, 0.4) is 0 Å². The first-order valence-corrected chi connectivity index (χ1v) is 7.14. The Morgan fingerprint density at radius 2 is 1.74 bits per heavy atom. The Kier molecular flexibility index (Phi) is 4.74.